The number of aldehydes is 2. The second-order valence-electron chi connectivity index (χ2n) is 7.41. The standard InChI is InChI=1S/C26H15NO3/c28-14-16-6-8-23-19(10-16)20-13-26-22(21-11-17(15-29)7-9-25(21)30-26)12-24(20)27(23)18-4-2-1-3-5-18/h1-15H. The van der Waals surface area contributed by atoms with E-state index in [2.05, 4.69) is 22.8 Å². The number of aromatic nitrogens is 1. The van der Waals surface area contributed by atoms with Gasteiger partial charge in [-0.25, -0.2) is 0 Å². The number of carbonyl (C=O) groups is 2. The lowest BCUT2D eigenvalue weighted by molar-refractivity contribution is 0.111. The van der Waals surface area contributed by atoms with Gasteiger partial charge in [-0.05, 0) is 60.7 Å². The molecule has 0 radical (unpaired) electrons. The molecule has 30 heavy (non-hydrogen) atoms. The van der Waals surface area contributed by atoms with Gasteiger partial charge in [0, 0.05) is 38.4 Å². The van der Waals surface area contributed by atoms with Gasteiger partial charge in [-0.2, -0.15) is 0 Å². The second kappa shape index (κ2) is 6.16. The molecule has 0 N–H and O–H groups in total. The third-order valence-electron chi connectivity index (χ3n) is 5.69. The van der Waals surface area contributed by atoms with Crippen molar-refractivity contribution >= 4 is 56.3 Å². The van der Waals surface area contributed by atoms with E-state index in [9.17, 15) is 9.59 Å². The molecule has 4 aromatic carbocycles. The van der Waals surface area contributed by atoms with Crippen molar-refractivity contribution in [3.63, 3.8) is 0 Å². The maximum absolute atomic E-state index is 11.4. The monoisotopic (exact) mass is 389 g/mol. The summed E-state index contributed by atoms with van der Waals surface area (Å²) in [5, 5.41) is 3.88. The van der Waals surface area contributed by atoms with Crippen LogP contribution in [0.2, 0.25) is 0 Å². The Hall–Kier alpha value is -4.18. The Balaban J connectivity index is 1.82. The molecular formula is C26H15NO3. The van der Waals surface area contributed by atoms with Crippen molar-refractivity contribution in [3.8, 4) is 5.69 Å². The Kier molecular flexibility index (Phi) is 3.44. The predicted octanol–water partition coefficient (Wildman–Crippen LogP) is 6.31. The fraction of sp³-hybridized carbons (Fsp3) is 0. The number of hydrogen-bond acceptors (Lipinski definition) is 3. The molecule has 0 amide bonds. The first kappa shape index (κ1) is 16.7. The van der Waals surface area contributed by atoms with Gasteiger partial charge in [0.15, 0.2) is 0 Å². The van der Waals surface area contributed by atoms with Gasteiger partial charge in [0.05, 0.1) is 11.0 Å². The zero-order chi connectivity index (χ0) is 20.2. The largest absolute Gasteiger partial charge is 0.456 e. The van der Waals surface area contributed by atoms with E-state index in [4.69, 9.17) is 4.42 Å². The average Bonchev–Trinajstić information content (AvgIpc) is 3.31. The van der Waals surface area contributed by atoms with Crippen LogP contribution in [0.1, 0.15) is 20.7 Å². The average molecular weight is 389 g/mol. The summed E-state index contributed by atoms with van der Waals surface area (Å²) in [5.74, 6) is 0. The number of para-hydroxylation sites is 1. The van der Waals surface area contributed by atoms with Crippen LogP contribution < -0.4 is 0 Å². The number of benzene rings is 4. The van der Waals surface area contributed by atoms with Crippen LogP contribution in [0.15, 0.2) is 83.3 Å². The number of nitrogens with zero attached hydrogens (tertiary/aromatic N) is 1. The van der Waals surface area contributed by atoms with E-state index in [1.807, 2.05) is 54.6 Å². The number of carbonyl (C=O) groups excluding carboxylic acids is 2. The van der Waals surface area contributed by atoms with Crippen molar-refractivity contribution in [3.05, 3.63) is 90.0 Å². The maximum Gasteiger partial charge on any atom is 0.150 e. The maximum atomic E-state index is 11.4. The van der Waals surface area contributed by atoms with Gasteiger partial charge in [-0.1, -0.05) is 18.2 Å². The minimum Gasteiger partial charge on any atom is -0.456 e. The summed E-state index contributed by atoms with van der Waals surface area (Å²) in [6.07, 6.45) is 1.71. The number of fused-ring (bicyclic) bond motifs is 6. The lowest BCUT2D eigenvalue weighted by atomic mass is 10.1. The molecule has 0 unspecified atom stereocenters. The molecule has 0 saturated heterocycles. The molecule has 0 aliphatic carbocycles. The molecule has 4 heteroatoms. The van der Waals surface area contributed by atoms with Crippen LogP contribution in [0.3, 0.4) is 0 Å². The third-order valence-corrected chi connectivity index (χ3v) is 5.69. The van der Waals surface area contributed by atoms with E-state index in [-0.39, 0.29) is 0 Å². The highest BCUT2D eigenvalue weighted by atomic mass is 16.3. The smallest absolute Gasteiger partial charge is 0.150 e. The highest BCUT2D eigenvalue weighted by molar-refractivity contribution is 6.17. The SMILES string of the molecule is O=Cc1ccc2oc3cc4c5cc(C=O)ccc5n(-c5ccccc5)c4cc3c2c1. The van der Waals surface area contributed by atoms with Crippen LogP contribution in [-0.2, 0) is 0 Å². The zero-order valence-electron chi connectivity index (χ0n) is 15.8. The Morgan fingerprint density at radius 3 is 2.03 bits per heavy atom. The summed E-state index contributed by atoms with van der Waals surface area (Å²) in [5.41, 5.74) is 5.83. The van der Waals surface area contributed by atoms with Crippen molar-refractivity contribution in [2.45, 2.75) is 0 Å². The molecule has 0 aliphatic heterocycles. The molecule has 0 aliphatic rings. The van der Waals surface area contributed by atoms with Gasteiger partial charge in [0.2, 0.25) is 0 Å². The van der Waals surface area contributed by atoms with Crippen molar-refractivity contribution < 1.29 is 14.0 Å². The first-order valence-electron chi connectivity index (χ1n) is 9.67. The first-order chi connectivity index (χ1) is 14.8. The normalized spacial score (nSPS) is 11.6. The van der Waals surface area contributed by atoms with E-state index in [0.29, 0.717) is 11.1 Å². The minimum atomic E-state index is 0.615. The molecule has 6 aromatic rings. The Bertz CT molecular complexity index is 1620. The van der Waals surface area contributed by atoms with Crippen LogP contribution in [0, 0.1) is 0 Å². The van der Waals surface area contributed by atoms with Gasteiger partial charge in [0.1, 0.15) is 23.7 Å². The molecule has 0 fully saturated rings. The quantitative estimate of drug-likeness (QED) is 0.333. The van der Waals surface area contributed by atoms with Crippen LogP contribution in [0.25, 0.3) is 49.4 Å². The Morgan fingerprint density at radius 1 is 0.600 bits per heavy atom. The van der Waals surface area contributed by atoms with Gasteiger partial charge in [-0.15, -0.1) is 0 Å². The van der Waals surface area contributed by atoms with Crippen molar-refractivity contribution in [1.82, 2.24) is 4.57 Å². The van der Waals surface area contributed by atoms with Gasteiger partial charge in [-0.3, -0.25) is 9.59 Å². The first-order valence-corrected chi connectivity index (χ1v) is 9.67. The summed E-state index contributed by atoms with van der Waals surface area (Å²) in [7, 11) is 0. The van der Waals surface area contributed by atoms with E-state index in [1.165, 1.54) is 0 Å². The van der Waals surface area contributed by atoms with Gasteiger partial charge in [0.25, 0.3) is 0 Å². The number of furan rings is 1. The molecule has 142 valence electrons. The van der Waals surface area contributed by atoms with Crippen LogP contribution in [-0.4, -0.2) is 17.1 Å². The van der Waals surface area contributed by atoms with Crippen LogP contribution >= 0.6 is 0 Å². The Labute approximate surface area is 170 Å². The fourth-order valence-corrected chi connectivity index (χ4v) is 4.33. The predicted molar refractivity (Wildman–Crippen MR) is 119 cm³/mol. The highest BCUT2D eigenvalue weighted by Crippen LogP contribution is 2.38. The molecule has 0 atom stereocenters. The van der Waals surface area contributed by atoms with E-state index < -0.39 is 0 Å². The summed E-state index contributed by atoms with van der Waals surface area (Å²) in [6, 6.07) is 25.5. The zero-order valence-corrected chi connectivity index (χ0v) is 15.8. The highest BCUT2D eigenvalue weighted by Gasteiger charge is 2.17. The summed E-state index contributed by atoms with van der Waals surface area (Å²) in [6.45, 7) is 0. The van der Waals surface area contributed by atoms with E-state index >= 15 is 0 Å². The topological polar surface area (TPSA) is 52.2 Å². The molecule has 6 rings (SSSR count). The molecule has 0 spiro atoms. The molecule has 0 bridgehead atoms. The fourth-order valence-electron chi connectivity index (χ4n) is 4.33. The lowest BCUT2D eigenvalue weighted by Crippen LogP contribution is -1.93. The summed E-state index contributed by atoms with van der Waals surface area (Å²) >= 11 is 0. The Morgan fingerprint density at radius 2 is 1.27 bits per heavy atom. The molecule has 2 heterocycles. The number of rotatable bonds is 3. The van der Waals surface area contributed by atoms with Crippen LogP contribution in [0.5, 0.6) is 0 Å². The van der Waals surface area contributed by atoms with Crippen molar-refractivity contribution in [1.29, 1.82) is 0 Å². The third kappa shape index (κ3) is 2.28. The second-order valence-corrected chi connectivity index (χ2v) is 7.41. The van der Waals surface area contributed by atoms with Crippen LogP contribution in [0.4, 0.5) is 0 Å². The number of hydrogen-bond donors (Lipinski definition) is 0. The van der Waals surface area contributed by atoms with Crippen molar-refractivity contribution in [2.24, 2.45) is 0 Å². The van der Waals surface area contributed by atoms with Gasteiger partial charge >= 0.3 is 0 Å². The van der Waals surface area contributed by atoms with Gasteiger partial charge < -0.3 is 8.98 Å². The molecular weight excluding hydrogens is 374 g/mol. The van der Waals surface area contributed by atoms with Crippen molar-refractivity contribution in [2.75, 3.05) is 0 Å². The van der Waals surface area contributed by atoms with E-state index in [1.54, 1.807) is 6.07 Å². The molecule has 2 aromatic heterocycles. The molecule has 0 saturated carbocycles. The van der Waals surface area contributed by atoms with E-state index in [0.717, 1.165) is 62.0 Å². The summed E-state index contributed by atoms with van der Waals surface area (Å²) in [4.78, 5) is 22.7. The molecule has 4 nitrogen and oxygen atoms in total. The minimum absolute atomic E-state index is 0.615. The lowest BCUT2D eigenvalue weighted by Gasteiger charge is -2.07. The summed E-state index contributed by atoms with van der Waals surface area (Å²) < 4.78 is 8.28.